The molecule has 0 aromatic carbocycles. The molecule has 0 amide bonds. The first-order chi connectivity index (χ1) is 4.90. The van der Waals surface area contributed by atoms with Crippen molar-refractivity contribution >= 4 is 0 Å². The molecule has 0 atom stereocenters. The second-order valence-electron chi connectivity index (χ2n) is 3.96. The number of rotatable bonds is 4. The van der Waals surface area contributed by atoms with Gasteiger partial charge in [0.05, 0.1) is 0 Å². The average molecular weight is 155 g/mol. The van der Waals surface area contributed by atoms with Gasteiger partial charge in [0, 0.05) is 5.54 Å². The van der Waals surface area contributed by atoms with Crippen molar-refractivity contribution in [2.45, 2.75) is 39.7 Å². The van der Waals surface area contributed by atoms with Crippen LogP contribution in [-0.4, -0.2) is 24.0 Å². The summed E-state index contributed by atoms with van der Waals surface area (Å²) < 4.78 is 0. The van der Waals surface area contributed by atoms with Crippen LogP contribution < -0.4 is 0 Å². The van der Waals surface area contributed by atoms with E-state index in [0.717, 1.165) is 13.0 Å². The molecular weight excluding hydrogens is 134 g/mol. The second kappa shape index (κ2) is 3.91. The lowest BCUT2D eigenvalue weighted by molar-refractivity contribution is 0.164. The smallest absolute Gasteiger partial charge is 0.0186 e. The fraction of sp³-hybridized carbons (Fsp3) is 0.800. The van der Waals surface area contributed by atoms with Gasteiger partial charge in [-0.25, -0.2) is 0 Å². The molecule has 0 saturated carbocycles. The minimum absolute atomic E-state index is 0.264. The predicted octanol–water partition coefficient (Wildman–Crippen LogP) is 2.68. The van der Waals surface area contributed by atoms with Gasteiger partial charge in [0.15, 0.2) is 0 Å². The van der Waals surface area contributed by atoms with E-state index in [0.29, 0.717) is 0 Å². The van der Waals surface area contributed by atoms with Gasteiger partial charge in [0.25, 0.3) is 0 Å². The first-order valence-electron chi connectivity index (χ1n) is 4.25. The van der Waals surface area contributed by atoms with Crippen molar-refractivity contribution in [2.24, 2.45) is 0 Å². The van der Waals surface area contributed by atoms with Crippen LogP contribution in [-0.2, 0) is 0 Å². The largest absolute Gasteiger partial charge is 0.301 e. The molecule has 1 heteroatoms. The highest BCUT2D eigenvalue weighted by Gasteiger charge is 2.21. The van der Waals surface area contributed by atoms with Crippen LogP contribution in [0.5, 0.6) is 0 Å². The fourth-order valence-electron chi connectivity index (χ4n) is 1.30. The molecule has 0 rings (SSSR count). The third-order valence-corrected chi connectivity index (χ3v) is 2.24. The van der Waals surface area contributed by atoms with Crippen LogP contribution >= 0.6 is 0 Å². The maximum atomic E-state index is 3.93. The molecular formula is C10H21N. The monoisotopic (exact) mass is 155 g/mol. The molecule has 0 heterocycles. The Morgan fingerprint density at radius 2 is 1.91 bits per heavy atom. The van der Waals surface area contributed by atoms with Crippen LogP contribution in [0.3, 0.4) is 0 Å². The van der Waals surface area contributed by atoms with Crippen LogP contribution in [0, 0.1) is 0 Å². The van der Waals surface area contributed by atoms with E-state index >= 15 is 0 Å². The molecule has 0 aromatic heterocycles. The van der Waals surface area contributed by atoms with Gasteiger partial charge in [-0.15, -0.1) is 6.58 Å². The Labute approximate surface area is 71.1 Å². The summed E-state index contributed by atoms with van der Waals surface area (Å²) in [6.45, 7) is 13.8. The van der Waals surface area contributed by atoms with E-state index in [4.69, 9.17) is 0 Å². The van der Waals surface area contributed by atoms with Crippen LogP contribution in [0.1, 0.15) is 34.1 Å². The van der Waals surface area contributed by atoms with Gasteiger partial charge >= 0.3 is 0 Å². The standard InChI is InChI=1S/C10H21N/c1-7-11(6)10(4,5)8-9(2)3/h2,7-8H2,1,3-6H3. The first-order valence-corrected chi connectivity index (χ1v) is 4.25. The highest BCUT2D eigenvalue weighted by atomic mass is 15.2. The fourth-order valence-corrected chi connectivity index (χ4v) is 1.30. The normalized spacial score (nSPS) is 12.2. The Morgan fingerprint density at radius 3 is 2.18 bits per heavy atom. The highest BCUT2D eigenvalue weighted by Crippen LogP contribution is 2.20. The average Bonchev–Trinajstić information content (AvgIpc) is 1.83. The minimum Gasteiger partial charge on any atom is -0.301 e. The summed E-state index contributed by atoms with van der Waals surface area (Å²) in [4.78, 5) is 2.35. The second-order valence-corrected chi connectivity index (χ2v) is 3.96. The summed E-state index contributed by atoms with van der Waals surface area (Å²) in [5.74, 6) is 0. The van der Waals surface area contributed by atoms with E-state index in [9.17, 15) is 0 Å². The lowest BCUT2D eigenvalue weighted by atomic mass is 9.95. The molecule has 11 heavy (non-hydrogen) atoms. The first kappa shape index (κ1) is 10.7. The third kappa shape index (κ3) is 3.57. The lowest BCUT2D eigenvalue weighted by Gasteiger charge is -2.35. The topological polar surface area (TPSA) is 3.24 Å². The van der Waals surface area contributed by atoms with E-state index in [-0.39, 0.29) is 5.54 Å². The van der Waals surface area contributed by atoms with E-state index in [1.54, 1.807) is 0 Å². The zero-order valence-corrected chi connectivity index (χ0v) is 8.57. The summed E-state index contributed by atoms with van der Waals surface area (Å²) in [6.07, 6.45) is 1.08. The van der Waals surface area contributed by atoms with Gasteiger partial charge in [0.1, 0.15) is 0 Å². The maximum Gasteiger partial charge on any atom is 0.0186 e. The number of nitrogens with zero attached hydrogens (tertiary/aromatic N) is 1. The lowest BCUT2D eigenvalue weighted by Crippen LogP contribution is -2.40. The quantitative estimate of drug-likeness (QED) is 0.564. The molecule has 0 saturated heterocycles. The van der Waals surface area contributed by atoms with Crippen LogP contribution in [0.25, 0.3) is 0 Å². The van der Waals surface area contributed by atoms with Crippen molar-refractivity contribution in [3.63, 3.8) is 0 Å². The summed E-state index contributed by atoms with van der Waals surface area (Å²) in [7, 11) is 2.16. The number of hydrogen-bond donors (Lipinski definition) is 0. The van der Waals surface area contributed by atoms with Gasteiger partial charge in [0.2, 0.25) is 0 Å². The van der Waals surface area contributed by atoms with Crippen molar-refractivity contribution in [1.82, 2.24) is 4.90 Å². The molecule has 0 unspecified atom stereocenters. The predicted molar refractivity (Wildman–Crippen MR) is 51.8 cm³/mol. The summed E-state index contributed by atoms with van der Waals surface area (Å²) in [5.41, 5.74) is 1.52. The zero-order valence-electron chi connectivity index (χ0n) is 8.57. The Kier molecular flexibility index (Phi) is 3.81. The molecule has 0 N–H and O–H groups in total. The molecule has 0 aliphatic rings. The molecule has 0 aliphatic heterocycles. The summed E-state index contributed by atoms with van der Waals surface area (Å²) in [6, 6.07) is 0. The Balaban J connectivity index is 4.08. The van der Waals surface area contributed by atoms with Crippen LogP contribution in [0.2, 0.25) is 0 Å². The van der Waals surface area contributed by atoms with E-state index in [1.807, 2.05) is 0 Å². The van der Waals surface area contributed by atoms with Gasteiger partial charge in [-0.05, 0) is 40.8 Å². The highest BCUT2D eigenvalue weighted by molar-refractivity contribution is 4.97. The van der Waals surface area contributed by atoms with Gasteiger partial charge in [-0.1, -0.05) is 12.5 Å². The van der Waals surface area contributed by atoms with Crippen molar-refractivity contribution in [3.05, 3.63) is 12.2 Å². The van der Waals surface area contributed by atoms with E-state index < -0.39 is 0 Å². The molecule has 0 radical (unpaired) electrons. The van der Waals surface area contributed by atoms with Gasteiger partial charge in [-0.2, -0.15) is 0 Å². The molecule has 0 bridgehead atoms. The molecule has 0 aromatic rings. The van der Waals surface area contributed by atoms with Crippen molar-refractivity contribution in [1.29, 1.82) is 0 Å². The van der Waals surface area contributed by atoms with Crippen molar-refractivity contribution in [3.8, 4) is 0 Å². The molecule has 1 nitrogen and oxygen atoms in total. The minimum atomic E-state index is 0.264. The number of hydrogen-bond acceptors (Lipinski definition) is 1. The molecule has 0 fully saturated rings. The van der Waals surface area contributed by atoms with Crippen LogP contribution in [0.15, 0.2) is 12.2 Å². The van der Waals surface area contributed by atoms with Crippen molar-refractivity contribution in [2.75, 3.05) is 13.6 Å². The molecule has 66 valence electrons. The molecule has 0 spiro atoms. The van der Waals surface area contributed by atoms with Gasteiger partial charge in [-0.3, -0.25) is 0 Å². The summed E-state index contributed by atoms with van der Waals surface area (Å²) in [5, 5.41) is 0. The molecule has 0 aliphatic carbocycles. The van der Waals surface area contributed by atoms with E-state index in [2.05, 4.69) is 46.2 Å². The van der Waals surface area contributed by atoms with Crippen molar-refractivity contribution < 1.29 is 0 Å². The zero-order chi connectivity index (χ0) is 9.07. The Hall–Kier alpha value is -0.300. The van der Waals surface area contributed by atoms with Crippen LogP contribution in [0.4, 0.5) is 0 Å². The van der Waals surface area contributed by atoms with Gasteiger partial charge < -0.3 is 4.90 Å². The SMILES string of the molecule is C=C(C)CC(C)(C)N(C)CC. The third-order valence-electron chi connectivity index (χ3n) is 2.24. The summed E-state index contributed by atoms with van der Waals surface area (Å²) >= 11 is 0. The maximum absolute atomic E-state index is 3.93. The Morgan fingerprint density at radius 1 is 1.45 bits per heavy atom. The Bertz CT molecular complexity index is 136. The van der Waals surface area contributed by atoms with E-state index in [1.165, 1.54) is 5.57 Å².